The van der Waals surface area contributed by atoms with Crippen molar-refractivity contribution in [1.82, 2.24) is 4.81 Å². The van der Waals surface area contributed by atoms with Crippen LogP contribution in [0.5, 0.6) is 0 Å². The molecule has 0 N–H and O–H groups in total. The summed E-state index contributed by atoms with van der Waals surface area (Å²) in [5.74, 6) is 0. The molecule has 1 unspecified atom stereocenters. The summed E-state index contributed by atoms with van der Waals surface area (Å²) in [6.07, 6.45) is 0.805. The zero-order valence-corrected chi connectivity index (χ0v) is 5.12. The number of rotatable bonds is 1. The maximum absolute atomic E-state index is 10.2. The fourth-order valence-corrected chi connectivity index (χ4v) is 0.753. The Bertz CT molecular complexity index is 109. The van der Waals surface area contributed by atoms with Gasteiger partial charge >= 0.3 is 0 Å². The van der Waals surface area contributed by atoms with Gasteiger partial charge in [0, 0.05) is 6.54 Å². The first kappa shape index (κ1) is 6.77. The van der Waals surface area contributed by atoms with E-state index in [2.05, 4.69) is 0 Å². The standard InChI is InChI=1S/C5H8BNO2/c6-7-1-2-9-4-5(7)3-8/h3,5H,1-2,4H2. The highest BCUT2D eigenvalue weighted by Gasteiger charge is 2.16. The van der Waals surface area contributed by atoms with Gasteiger partial charge in [-0.25, -0.2) is 0 Å². The molecule has 0 bridgehead atoms. The van der Waals surface area contributed by atoms with Crippen LogP contribution < -0.4 is 0 Å². The largest absolute Gasteiger partial charge is 0.378 e. The lowest BCUT2D eigenvalue weighted by Gasteiger charge is -2.28. The van der Waals surface area contributed by atoms with E-state index in [0.717, 1.165) is 6.29 Å². The molecule has 0 amide bonds. The second-order valence-electron chi connectivity index (χ2n) is 2.02. The Morgan fingerprint density at radius 3 is 3.00 bits per heavy atom. The van der Waals surface area contributed by atoms with E-state index in [1.165, 1.54) is 4.81 Å². The number of hydrogen-bond donors (Lipinski definition) is 0. The van der Waals surface area contributed by atoms with Crippen LogP contribution in [0.25, 0.3) is 0 Å². The third-order valence-electron chi connectivity index (χ3n) is 1.37. The molecule has 1 atom stereocenters. The second kappa shape index (κ2) is 2.99. The molecule has 1 aliphatic heterocycles. The van der Waals surface area contributed by atoms with E-state index in [1.807, 2.05) is 0 Å². The molecule has 0 saturated carbocycles. The number of nitrogens with zero attached hydrogens (tertiary/aromatic N) is 1. The molecule has 48 valence electrons. The van der Waals surface area contributed by atoms with E-state index in [-0.39, 0.29) is 6.04 Å². The van der Waals surface area contributed by atoms with Gasteiger partial charge in [0.1, 0.15) is 6.29 Å². The third-order valence-corrected chi connectivity index (χ3v) is 1.37. The number of carbonyl (C=O) groups excluding carboxylic acids is 1. The van der Waals surface area contributed by atoms with Crippen LogP contribution in [0.4, 0.5) is 0 Å². The summed E-state index contributed by atoms with van der Waals surface area (Å²) in [6, 6.07) is -0.237. The fourth-order valence-electron chi connectivity index (χ4n) is 0.753. The van der Waals surface area contributed by atoms with Gasteiger partial charge in [-0.3, -0.25) is 0 Å². The Hall–Kier alpha value is -0.345. The van der Waals surface area contributed by atoms with Crippen molar-refractivity contribution in [3.63, 3.8) is 0 Å². The lowest BCUT2D eigenvalue weighted by atomic mass is 10.1. The molecule has 0 aromatic rings. The summed E-state index contributed by atoms with van der Waals surface area (Å²) in [5, 5.41) is 0. The van der Waals surface area contributed by atoms with Gasteiger partial charge in [-0.1, -0.05) is 0 Å². The van der Waals surface area contributed by atoms with Crippen molar-refractivity contribution >= 4 is 14.3 Å². The molecule has 1 saturated heterocycles. The van der Waals surface area contributed by atoms with E-state index in [0.29, 0.717) is 19.8 Å². The molecule has 3 nitrogen and oxygen atoms in total. The highest BCUT2D eigenvalue weighted by atomic mass is 16.5. The van der Waals surface area contributed by atoms with Gasteiger partial charge < -0.3 is 14.3 Å². The molecular formula is C5H8BNO2. The van der Waals surface area contributed by atoms with E-state index in [4.69, 9.17) is 12.7 Å². The Morgan fingerprint density at radius 2 is 2.56 bits per heavy atom. The zero-order chi connectivity index (χ0) is 6.69. The quantitative estimate of drug-likeness (QED) is 0.331. The Balaban J connectivity index is 2.38. The SMILES string of the molecule is [B]N1CCOCC1C=O. The molecular weight excluding hydrogens is 117 g/mol. The molecule has 4 heteroatoms. The minimum atomic E-state index is -0.237. The van der Waals surface area contributed by atoms with Gasteiger partial charge in [-0.15, -0.1) is 0 Å². The Labute approximate surface area is 55.4 Å². The lowest BCUT2D eigenvalue weighted by Crippen LogP contribution is -2.44. The van der Waals surface area contributed by atoms with Crippen molar-refractivity contribution < 1.29 is 9.53 Å². The first-order valence-corrected chi connectivity index (χ1v) is 2.89. The summed E-state index contributed by atoms with van der Waals surface area (Å²) in [6.45, 7) is 1.70. The van der Waals surface area contributed by atoms with Gasteiger partial charge in [0.15, 0.2) is 7.98 Å². The Morgan fingerprint density at radius 1 is 1.78 bits per heavy atom. The molecule has 2 radical (unpaired) electrons. The van der Waals surface area contributed by atoms with Crippen molar-refractivity contribution in [3.05, 3.63) is 0 Å². The number of carbonyl (C=O) groups is 1. The van der Waals surface area contributed by atoms with Crippen molar-refractivity contribution in [3.8, 4) is 0 Å². The smallest absolute Gasteiger partial charge is 0.183 e. The second-order valence-corrected chi connectivity index (χ2v) is 2.02. The van der Waals surface area contributed by atoms with E-state index in [1.54, 1.807) is 0 Å². The monoisotopic (exact) mass is 125 g/mol. The summed E-state index contributed by atoms with van der Waals surface area (Å²) < 4.78 is 4.99. The van der Waals surface area contributed by atoms with Gasteiger partial charge in [0.2, 0.25) is 0 Å². The van der Waals surface area contributed by atoms with Gasteiger partial charge in [-0.2, -0.15) is 0 Å². The van der Waals surface area contributed by atoms with Crippen LogP contribution in [-0.2, 0) is 9.53 Å². The van der Waals surface area contributed by atoms with Crippen LogP contribution >= 0.6 is 0 Å². The summed E-state index contributed by atoms with van der Waals surface area (Å²) >= 11 is 0. The number of hydrogen-bond acceptors (Lipinski definition) is 3. The van der Waals surface area contributed by atoms with Gasteiger partial charge in [-0.05, 0) is 0 Å². The molecule has 9 heavy (non-hydrogen) atoms. The van der Waals surface area contributed by atoms with E-state index < -0.39 is 0 Å². The van der Waals surface area contributed by atoms with Crippen molar-refractivity contribution in [2.45, 2.75) is 6.04 Å². The van der Waals surface area contributed by atoms with Crippen molar-refractivity contribution in [2.75, 3.05) is 19.8 Å². The van der Waals surface area contributed by atoms with Crippen LogP contribution in [0.15, 0.2) is 0 Å². The third kappa shape index (κ3) is 1.53. The van der Waals surface area contributed by atoms with E-state index in [9.17, 15) is 4.79 Å². The number of ether oxygens (including phenoxy) is 1. The average molecular weight is 125 g/mol. The molecule has 1 rings (SSSR count). The molecule has 0 spiro atoms. The van der Waals surface area contributed by atoms with Gasteiger partial charge in [0.05, 0.1) is 19.3 Å². The molecule has 0 aromatic carbocycles. The summed E-state index contributed by atoms with van der Waals surface area (Å²) in [7, 11) is 5.41. The first-order chi connectivity index (χ1) is 4.34. The molecule has 1 aliphatic rings. The van der Waals surface area contributed by atoms with Crippen LogP contribution in [0, 0.1) is 0 Å². The van der Waals surface area contributed by atoms with Gasteiger partial charge in [0.25, 0.3) is 0 Å². The predicted octanol–water partition coefficient (Wildman–Crippen LogP) is -1.03. The predicted molar refractivity (Wildman–Crippen MR) is 33.1 cm³/mol. The lowest BCUT2D eigenvalue weighted by molar-refractivity contribution is -0.114. The normalized spacial score (nSPS) is 30.0. The minimum Gasteiger partial charge on any atom is -0.378 e. The molecule has 0 aromatic heterocycles. The molecule has 1 fully saturated rings. The highest BCUT2D eigenvalue weighted by Crippen LogP contribution is 1.98. The maximum atomic E-state index is 10.2. The van der Waals surface area contributed by atoms with Crippen molar-refractivity contribution in [1.29, 1.82) is 0 Å². The minimum absolute atomic E-state index is 0.237. The highest BCUT2D eigenvalue weighted by molar-refractivity contribution is 6.05. The first-order valence-electron chi connectivity index (χ1n) is 2.89. The van der Waals surface area contributed by atoms with Crippen LogP contribution in [-0.4, -0.2) is 44.9 Å². The van der Waals surface area contributed by atoms with Crippen LogP contribution in [0.3, 0.4) is 0 Å². The van der Waals surface area contributed by atoms with E-state index >= 15 is 0 Å². The summed E-state index contributed by atoms with van der Waals surface area (Å²) in [4.78, 5) is 11.7. The molecule has 0 aliphatic carbocycles. The summed E-state index contributed by atoms with van der Waals surface area (Å²) in [5.41, 5.74) is 0. The average Bonchev–Trinajstić information content (AvgIpc) is 1.89. The van der Waals surface area contributed by atoms with Crippen LogP contribution in [0.2, 0.25) is 0 Å². The Kier molecular flexibility index (Phi) is 2.25. The topological polar surface area (TPSA) is 29.5 Å². The zero-order valence-electron chi connectivity index (χ0n) is 5.12. The van der Waals surface area contributed by atoms with Crippen molar-refractivity contribution in [2.24, 2.45) is 0 Å². The molecule has 1 heterocycles. The fraction of sp³-hybridized carbons (Fsp3) is 0.800. The number of aldehydes is 1. The number of morpholine rings is 1. The van der Waals surface area contributed by atoms with Crippen LogP contribution in [0.1, 0.15) is 0 Å². The maximum Gasteiger partial charge on any atom is 0.183 e.